The molecule has 0 unspecified atom stereocenters. The number of hydrogen-bond acceptors (Lipinski definition) is 2. The van der Waals surface area contributed by atoms with Gasteiger partial charge in [-0.3, -0.25) is 4.98 Å². The number of nitrogens with one attached hydrogen (secondary N) is 1. The van der Waals surface area contributed by atoms with Gasteiger partial charge in [0.15, 0.2) is 0 Å². The molecule has 1 aromatic heterocycles. The zero-order chi connectivity index (χ0) is 8.97. The van der Waals surface area contributed by atoms with Crippen LogP contribution in [0.1, 0.15) is 19.4 Å². The van der Waals surface area contributed by atoms with Gasteiger partial charge in [0, 0.05) is 18.8 Å². The molecule has 0 saturated heterocycles. The van der Waals surface area contributed by atoms with Crippen LogP contribution in [0.15, 0.2) is 18.5 Å². The van der Waals surface area contributed by atoms with Gasteiger partial charge >= 0.3 is 0 Å². The summed E-state index contributed by atoms with van der Waals surface area (Å²) in [6.45, 7) is 4.77. The van der Waals surface area contributed by atoms with E-state index in [1.54, 1.807) is 6.20 Å². The van der Waals surface area contributed by atoms with E-state index >= 15 is 0 Å². The van der Waals surface area contributed by atoms with Gasteiger partial charge in [0.1, 0.15) is 5.82 Å². The van der Waals surface area contributed by atoms with Gasteiger partial charge in [0.25, 0.3) is 0 Å². The lowest BCUT2D eigenvalue weighted by molar-refractivity contribution is 0.578. The summed E-state index contributed by atoms with van der Waals surface area (Å²) in [7, 11) is 0. The maximum atomic E-state index is 12.6. The van der Waals surface area contributed by atoms with E-state index in [-0.39, 0.29) is 5.82 Å². The largest absolute Gasteiger partial charge is 0.310 e. The summed E-state index contributed by atoms with van der Waals surface area (Å²) in [4.78, 5) is 3.75. The Labute approximate surface area is 71.8 Å². The Kier molecular flexibility index (Phi) is 3.17. The number of halogens is 1. The van der Waals surface area contributed by atoms with Gasteiger partial charge in [0.2, 0.25) is 0 Å². The second kappa shape index (κ2) is 4.16. The van der Waals surface area contributed by atoms with Crippen LogP contribution < -0.4 is 5.32 Å². The average molecular weight is 168 g/mol. The topological polar surface area (TPSA) is 24.9 Å². The highest BCUT2D eigenvalue weighted by atomic mass is 19.1. The standard InChI is InChI=1S/C9H13FN2/c1-7(2)12-5-8-3-9(10)6-11-4-8/h3-4,6-7,12H,5H2,1-2H3. The van der Waals surface area contributed by atoms with E-state index < -0.39 is 0 Å². The van der Waals surface area contributed by atoms with Crippen LogP contribution in [0.4, 0.5) is 4.39 Å². The summed E-state index contributed by atoms with van der Waals surface area (Å²) < 4.78 is 12.6. The molecule has 1 aromatic rings. The van der Waals surface area contributed by atoms with Crippen LogP contribution in [0.3, 0.4) is 0 Å². The van der Waals surface area contributed by atoms with Crippen molar-refractivity contribution in [2.24, 2.45) is 0 Å². The molecule has 1 rings (SSSR count). The molecule has 0 amide bonds. The zero-order valence-electron chi connectivity index (χ0n) is 7.34. The minimum atomic E-state index is -0.280. The molecule has 0 spiro atoms. The van der Waals surface area contributed by atoms with Crippen LogP contribution in [0, 0.1) is 5.82 Å². The zero-order valence-corrected chi connectivity index (χ0v) is 7.34. The molecule has 0 fully saturated rings. The Morgan fingerprint density at radius 2 is 2.25 bits per heavy atom. The molecular formula is C9H13FN2. The fourth-order valence-electron chi connectivity index (χ4n) is 0.875. The van der Waals surface area contributed by atoms with E-state index in [2.05, 4.69) is 10.3 Å². The van der Waals surface area contributed by atoms with Crippen molar-refractivity contribution in [2.75, 3.05) is 0 Å². The molecule has 0 bridgehead atoms. The molecule has 0 aliphatic heterocycles. The Morgan fingerprint density at radius 3 is 2.83 bits per heavy atom. The van der Waals surface area contributed by atoms with Crippen LogP contribution in [-0.2, 0) is 6.54 Å². The van der Waals surface area contributed by atoms with Crippen LogP contribution in [0.5, 0.6) is 0 Å². The predicted molar refractivity (Wildman–Crippen MR) is 46.2 cm³/mol. The third-order valence-electron chi connectivity index (χ3n) is 1.48. The molecule has 66 valence electrons. The molecule has 1 N–H and O–H groups in total. The first-order valence-electron chi connectivity index (χ1n) is 4.01. The first-order chi connectivity index (χ1) is 5.68. The number of nitrogens with zero attached hydrogens (tertiary/aromatic N) is 1. The van der Waals surface area contributed by atoms with Crippen LogP contribution in [0.25, 0.3) is 0 Å². The van der Waals surface area contributed by atoms with E-state index in [1.807, 2.05) is 13.8 Å². The smallest absolute Gasteiger partial charge is 0.141 e. The Bertz CT molecular complexity index is 248. The summed E-state index contributed by atoms with van der Waals surface area (Å²) in [5, 5.41) is 3.18. The maximum absolute atomic E-state index is 12.6. The van der Waals surface area contributed by atoms with E-state index in [4.69, 9.17) is 0 Å². The molecule has 0 aliphatic carbocycles. The van der Waals surface area contributed by atoms with Crippen LogP contribution in [-0.4, -0.2) is 11.0 Å². The van der Waals surface area contributed by atoms with E-state index in [0.29, 0.717) is 12.6 Å². The summed E-state index contributed by atoms with van der Waals surface area (Å²) >= 11 is 0. The number of aromatic nitrogens is 1. The van der Waals surface area contributed by atoms with E-state index in [0.717, 1.165) is 5.56 Å². The van der Waals surface area contributed by atoms with E-state index in [9.17, 15) is 4.39 Å². The quantitative estimate of drug-likeness (QED) is 0.743. The van der Waals surface area contributed by atoms with Gasteiger partial charge in [-0.1, -0.05) is 13.8 Å². The lowest BCUT2D eigenvalue weighted by Crippen LogP contribution is -2.21. The molecule has 0 radical (unpaired) electrons. The van der Waals surface area contributed by atoms with Crippen molar-refractivity contribution in [3.63, 3.8) is 0 Å². The molecule has 0 saturated carbocycles. The average Bonchev–Trinajstić information content (AvgIpc) is 2.01. The Hall–Kier alpha value is -0.960. The number of pyridine rings is 1. The number of hydrogen-bond donors (Lipinski definition) is 1. The summed E-state index contributed by atoms with van der Waals surface area (Å²) in [5.41, 5.74) is 0.878. The van der Waals surface area contributed by atoms with E-state index in [1.165, 1.54) is 12.3 Å². The summed E-state index contributed by atoms with van der Waals surface area (Å²) in [5.74, 6) is -0.280. The fraction of sp³-hybridized carbons (Fsp3) is 0.444. The molecule has 0 atom stereocenters. The van der Waals surface area contributed by atoms with Gasteiger partial charge in [-0.05, 0) is 11.6 Å². The molecule has 2 nitrogen and oxygen atoms in total. The minimum absolute atomic E-state index is 0.280. The summed E-state index contributed by atoms with van der Waals surface area (Å²) in [6.07, 6.45) is 2.87. The van der Waals surface area contributed by atoms with Gasteiger partial charge in [0.05, 0.1) is 6.20 Å². The molecule has 1 heterocycles. The van der Waals surface area contributed by atoms with Crippen molar-refractivity contribution in [1.82, 2.24) is 10.3 Å². The maximum Gasteiger partial charge on any atom is 0.141 e. The van der Waals surface area contributed by atoms with Crippen LogP contribution in [0.2, 0.25) is 0 Å². The molecule has 0 aliphatic rings. The van der Waals surface area contributed by atoms with Gasteiger partial charge in [-0.2, -0.15) is 0 Å². The van der Waals surface area contributed by atoms with Gasteiger partial charge < -0.3 is 5.32 Å². The number of rotatable bonds is 3. The lowest BCUT2D eigenvalue weighted by Gasteiger charge is -2.06. The molecule has 12 heavy (non-hydrogen) atoms. The highest BCUT2D eigenvalue weighted by Gasteiger charge is 1.96. The van der Waals surface area contributed by atoms with Crippen molar-refractivity contribution in [3.05, 3.63) is 29.8 Å². The third-order valence-corrected chi connectivity index (χ3v) is 1.48. The Balaban J connectivity index is 2.52. The van der Waals surface area contributed by atoms with Crippen molar-refractivity contribution in [3.8, 4) is 0 Å². The van der Waals surface area contributed by atoms with Crippen molar-refractivity contribution in [1.29, 1.82) is 0 Å². The Morgan fingerprint density at radius 1 is 1.50 bits per heavy atom. The normalized spacial score (nSPS) is 10.7. The third kappa shape index (κ3) is 2.96. The van der Waals surface area contributed by atoms with Crippen molar-refractivity contribution < 1.29 is 4.39 Å². The van der Waals surface area contributed by atoms with Crippen LogP contribution >= 0.6 is 0 Å². The van der Waals surface area contributed by atoms with Crippen molar-refractivity contribution in [2.45, 2.75) is 26.4 Å². The minimum Gasteiger partial charge on any atom is -0.310 e. The molecule has 3 heteroatoms. The predicted octanol–water partition coefficient (Wildman–Crippen LogP) is 1.72. The van der Waals surface area contributed by atoms with Crippen molar-refractivity contribution >= 4 is 0 Å². The molecular weight excluding hydrogens is 155 g/mol. The fourth-order valence-corrected chi connectivity index (χ4v) is 0.875. The highest BCUT2D eigenvalue weighted by molar-refractivity contribution is 5.09. The highest BCUT2D eigenvalue weighted by Crippen LogP contribution is 2.00. The van der Waals surface area contributed by atoms with Gasteiger partial charge in [-0.25, -0.2) is 4.39 Å². The first-order valence-corrected chi connectivity index (χ1v) is 4.01. The second-order valence-electron chi connectivity index (χ2n) is 3.05. The SMILES string of the molecule is CC(C)NCc1cncc(F)c1. The second-order valence-corrected chi connectivity index (χ2v) is 3.05. The van der Waals surface area contributed by atoms with Gasteiger partial charge in [-0.15, -0.1) is 0 Å². The first kappa shape index (κ1) is 9.13. The lowest BCUT2D eigenvalue weighted by atomic mass is 10.2. The summed E-state index contributed by atoms with van der Waals surface area (Å²) in [6, 6.07) is 1.90. The molecule has 0 aromatic carbocycles. The monoisotopic (exact) mass is 168 g/mol.